The van der Waals surface area contributed by atoms with Crippen molar-refractivity contribution in [3.8, 4) is 11.1 Å². The molecule has 0 spiro atoms. The Morgan fingerprint density at radius 1 is 0.938 bits per heavy atom. The van der Waals surface area contributed by atoms with Crippen molar-refractivity contribution in [2.75, 3.05) is 0 Å². The van der Waals surface area contributed by atoms with E-state index >= 15 is 0 Å². The molecule has 0 aromatic heterocycles. The predicted octanol–water partition coefficient (Wildman–Crippen LogP) is 4.87. The van der Waals surface area contributed by atoms with Gasteiger partial charge in [0.25, 0.3) is 0 Å². The van der Waals surface area contributed by atoms with Crippen molar-refractivity contribution in [1.82, 2.24) is 0 Å². The molecule has 82 valence electrons. The first-order valence-electron chi connectivity index (χ1n) is 5.43. The molecule has 0 aliphatic carbocycles. The lowest BCUT2D eigenvalue weighted by Crippen LogP contribution is -1.86. The highest BCUT2D eigenvalue weighted by molar-refractivity contribution is 9.08. The molecule has 0 atom stereocenters. The van der Waals surface area contributed by atoms with Gasteiger partial charge in [-0.05, 0) is 36.1 Å². The molecule has 0 saturated heterocycles. The van der Waals surface area contributed by atoms with Crippen LogP contribution in [0.2, 0.25) is 0 Å². The third-order valence-corrected chi connectivity index (χ3v) is 3.44. The van der Waals surface area contributed by atoms with E-state index in [1.807, 2.05) is 0 Å². The first-order chi connectivity index (χ1) is 7.70. The van der Waals surface area contributed by atoms with Crippen LogP contribution >= 0.6 is 15.9 Å². The third kappa shape index (κ3) is 2.35. The number of aryl methyl sites for hydroxylation is 2. The highest BCUT2D eigenvalue weighted by atomic mass is 79.9. The third-order valence-electron chi connectivity index (χ3n) is 2.84. The number of hydrogen-bond donors (Lipinski definition) is 0. The predicted molar refractivity (Wildman–Crippen MR) is 74.0 cm³/mol. The van der Waals surface area contributed by atoms with Crippen LogP contribution < -0.4 is 0 Å². The van der Waals surface area contributed by atoms with E-state index in [0.29, 0.717) is 0 Å². The number of benzene rings is 2. The first kappa shape index (κ1) is 11.4. The Morgan fingerprint density at radius 3 is 2.31 bits per heavy atom. The molecule has 0 amide bonds. The highest BCUT2D eigenvalue weighted by Crippen LogP contribution is 2.24. The van der Waals surface area contributed by atoms with Crippen molar-refractivity contribution >= 4 is 15.9 Å². The van der Waals surface area contributed by atoms with Crippen LogP contribution in [0.25, 0.3) is 11.1 Å². The minimum absolute atomic E-state index is 0.924. The van der Waals surface area contributed by atoms with Gasteiger partial charge in [-0.15, -0.1) is 0 Å². The summed E-state index contributed by atoms with van der Waals surface area (Å²) in [6.45, 7) is 4.29. The van der Waals surface area contributed by atoms with Gasteiger partial charge in [-0.3, -0.25) is 0 Å². The Labute approximate surface area is 105 Å². The summed E-state index contributed by atoms with van der Waals surface area (Å²) >= 11 is 3.50. The molecule has 0 radical (unpaired) electrons. The van der Waals surface area contributed by atoms with Gasteiger partial charge in [0.15, 0.2) is 0 Å². The molecule has 0 nitrogen and oxygen atoms in total. The van der Waals surface area contributed by atoms with E-state index in [0.717, 1.165) is 5.33 Å². The van der Waals surface area contributed by atoms with Crippen LogP contribution in [0, 0.1) is 13.8 Å². The highest BCUT2D eigenvalue weighted by Gasteiger charge is 2.01. The fourth-order valence-corrected chi connectivity index (χ4v) is 2.48. The van der Waals surface area contributed by atoms with Crippen LogP contribution in [0.5, 0.6) is 0 Å². The summed E-state index contributed by atoms with van der Waals surface area (Å²) in [5.41, 5.74) is 6.60. The molecule has 2 aromatic rings. The molecule has 2 aromatic carbocycles. The summed E-state index contributed by atoms with van der Waals surface area (Å²) in [6, 6.07) is 15.3. The molecule has 0 heterocycles. The van der Waals surface area contributed by atoms with Gasteiger partial charge in [-0.1, -0.05) is 64.0 Å². The van der Waals surface area contributed by atoms with Gasteiger partial charge in [-0.25, -0.2) is 0 Å². The van der Waals surface area contributed by atoms with Crippen LogP contribution in [0.3, 0.4) is 0 Å². The van der Waals surface area contributed by atoms with Gasteiger partial charge in [0, 0.05) is 5.33 Å². The molecule has 16 heavy (non-hydrogen) atoms. The number of alkyl halides is 1. The zero-order valence-corrected chi connectivity index (χ0v) is 11.2. The lowest BCUT2D eigenvalue weighted by molar-refractivity contribution is 1.32. The van der Waals surface area contributed by atoms with Crippen molar-refractivity contribution in [3.05, 3.63) is 59.2 Å². The standard InChI is InChI=1S/C15H15Br/c1-11-4-3-5-13(8-11)14-6-7-15(10-16)12(2)9-14/h3-9H,10H2,1-2H3. The second kappa shape index (κ2) is 4.84. The van der Waals surface area contributed by atoms with Crippen molar-refractivity contribution in [1.29, 1.82) is 0 Å². The molecule has 1 heteroatoms. The SMILES string of the molecule is Cc1cccc(-c2ccc(CBr)c(C)c2)c1. The number of halogens is 1. The molecule has 0 fully saturated rings. The lowest BCUT2D eigenvalue weighted by Gasteiger charge is -2.07. The Hall–Kier alpha value is -1.08. The van der Waals surface area contributed by atoms with E-state index in [1.165, 1.54) is 27.8 Å². The summed E-state index contributed by atoms with van der Waals surface area (Å²) in [7, 11) is 0. The van der Waals surface area contributed by atoms with Gasteiger partial charge < -0.3 is 0 Å². The van der Waals surface area contributed by atoms with Gasteiger partial charge in [0.2, 0.25) is 0 Å². The molecule has 0 N–H and O–H groups in total. The molecule has 0 saturated carbocycles. The Kier molecular flexibility index (Phi) is 3.45. The normalized spacial score (nSPS) is 10.4. The van der Waals surface area contributed by atoms with E-state index in [9.17, 15) is 0 Å². The van der Waals surface area contributed by atoms with E-state index in [4.69, 9.17) is 0 Å². The Balaban J connectivity index is 2.45. The summed E-state index contributed by atoms with van der Waals surface area (Å²) in [6.07, 6.45) is 0. The number of rotatable bonds is 2. The molecular formula is C15H15Br. The van der Waals surface area contributed by atoms with Gasteiger partial charge >= 0.3 is 0 Å². The number of hydrogen-bond acceptors (Lipinski definition) is 0. The average Bonchev–Trinajstić information content (AvgIpc) is 2.29. The lowest BCUT2D eigenvalue weighted by atomic mass is 9.99. The van der Waals surface area contributed by atoms with Crippen LogP contribution in [0.4, 0.5) is 0 Å². The maximum atomic E-state index is 3.50. The topological polar surface area (TPSA) is 0 Å². The summed E-state index contributed by atoms with van der Waals surface area (Å²) < 4.78 is 0. The maximum Gasteiger partial charge on any atom is 0.0285 e. The molecular weight excluding hydrogens is 260 g/mol. The minimum atomic E-state index is 0.924. The van der Waals surface area contributed by atoms with E-state index < -0.39 is 0 Å². The van der Waals surface area contributed by atoms with Gasteiger partial charge in [0.05, 0.1) is 0 Å². The van der Waals surface area contributed by atoms with Crippen molar-refractivity contribution in [2.45, 2.75) is 19.2 Å². The fraction of sp³-hybridized carbons (Fsp3) is 0.200. The van der Waals surface area contributed by atoms with Crippen LogP contribution in [-0.4, -0.2) is 0 Å². The average molecular weight is 275 g/mol. The zero-order chi connectivity index (χ0) is 11.5. The Bertz CT molecular complexity index is 501. The van der Waals surface area contributed by atoms with Crippen molar-refractivity contribution in [2.24, 2.45) is 0 Å². The minimum Gasteiger partial charge on any atom is -0.0876 e. The fourth-order valence-electron chi connectivity index (χ4n) is 1.85. The van der Waals surface area contributed by atoms with Crippen LogP contribution in [0.1, 0.15) is 16.7 Å². The van der Waals surface area contributed by atoms with Gasteiger partial charge in [-0.2, -0.15) is 0 Å². The van der Waals surface area contributed by atoms with E-state index in [2.05, 4.69) is 72.2 Å². The second-order valence-electron chi connectivity index (χ2n) is 4.14. The summed E-state index contributed by atoms with van der Waals surface area (Å²) in [5, 5.41) is 0.924. The second-order valence-corrected chi connectivity index (χ2v) is 4.71. The van der Waals surface area contributed by atoms with E-state index in [-0.39, 0.29) is 0 Å². The largest absolute Gasteiger partial charge is 0.0876 e. The van der Waals surface area contributed by atoms with Crippen LogP contribution in [0.15, 0.2) is 42.5 Å². The van der Waals surface area contributed by atoms with Crippen molar-refractivity contribution < 1.29 is 0 Å². The first-order valence-corrected chi connectivity index (χ1v) is 6.55. The summed E-state index contributed by atoms with van der Waals surface area (Å²) in [4.78, 5) is 0. The monoisotopic (exact) mass is 274 g/mol. The molecule has 0 aliphatic heterocycles. The van der Waals surface area contributed by atoms with Gasteiger partial charge in [0.1, 0.15) is 0 Å². The van der Waals surface area contributed by atoms with Crippen molar-refractivity contribution in [3.63, 3.8) is 0 Å². The van der Waals surface area contributed by atoms with Crippen LogP contribution in [-0.2, 0) is 5.33 Å². The Morgan fingerprint density at radius 2 is 1.69 bits per heavy atom. The van der Waals surface area contributed by atoms with E-state index in [1.54, 1.807) is 0 Å². The molecule has 0 aliphatic rings. The zero-order valence-electron chi connectivity index (χ0n) is 9.63. The smallest absolute Gasteiger partial charge is 0.0285 e. The molecule has 0 unspecified atom stereocenters. The maximum absolute atomic E-state index is 3.50. The quantitative estimate of drug-likeness (QED) is 0.686. The molecule has 0 bridgehead atoms. The molecule has 2 rings (SSSR count). The summed E-state index contributed by atoms with van der Waals surface area (Å²) in [5.74, 6) is 0.